The van der Waals surface area contributed by atoms with Crippen LogP contribution in [0.1, 0.15) is 38.2 Å². The van der Waals surface area contributed by atoms with Gasteiger partial charge < -0.3 is 0 Å². The second kappa shape index (κ2) is 4.30. The van der Waals surface area contributed by atoms with E-state index in [4.69, 9.17) is 0 Å². The molecule has 0 saturated heterocycles. The first-order valence-electron chi connectivity index (χ1n) is 5.37. The summed E-state index contributed by atoms with van der Waals surface area (Å²) < 4.78 is 0. The van der Waals surface area contributed by atoms with Gasteiger partial charge in [0, 0.05) is 0 Å². The molecule has 2 rings (SSSR count). The Morgan fingerprint density at radius 1 is 1.07 bits per heavy atom. The van der Waals surface area contributed by atoms with Gasteiger partial charge in [0.1, 0.15) is 0 Å². The topological polar surface area (TPSA) is 0 Å². The summed E-state index contributed by atoms with van der Waals surface area (Å²) in [6.45, 7) is 2.15. The number of benzene rings is 1. The molecule has 0 aromatic heterocycles. The van der Waals surface area contributed by atoms with Crippen molar-refractivity contribution in [2.24, 2.45) is 0 Å². The third-order valence-corrected chi connectivity index (χ3v) is 2.78. The van der Waals surface area contributed by atoms with Gasteiger partial charge in [0.25, 0.3) is 0 Å². The maximum Gasteiger partial charge on any atom is -0.00195 e. The summed E-state index contributed by atoms with van der Waals surface area (Å²) >= 11 is 0. The first kappa shape index (κ1) is 9.30. The van der Waals surface area contributed by atoms with Crippen molar-refractivity contribution in [1.29, 1.82) is 0 Å². The lowest BCUT2D eigenvalue weighted by molar-refractivity contribution is 0.886. The van der Waals surface area contributed by atoms with Crippen LogP contribution in [-0.4, -0.2) is 0 Å². The Balaban J connectivity index is 2.31. The fourth-order valence-electron chi connectivity index (χ4n) is 1.95. The summed E-state index contributed by atoms with van der Waals surface area (Å²) in [7, 11) is 0. The molecule has 1 aliphatic rings. The van der Waals surface area contributed by atoms with Crippen molar-refractivity contribution in [3.05, 3.63) is 47.2 Å². The molecule has 1 saturated carbocycles. The second-order valence-electron chi connectivity index (χ2n) is 3.93. The van der Waals surface area contributed by atoms with Gasteiger partial charge in [-0.2, -0.15) is 0 Å². The van der Waals surface area contributed by atoms with E-state index < -0.39 is 0 Å². The fourth-order valence-corrected chi connectivity index (χ4v) is 1.95. The van der Waals surface area contributed by atoms with E-state index >= 15 is 0 Å². The van der Waals surface area contributed by atoms with Gasteiger partial charge in [-0.05, 0) is 49.3 Å². The molecule has 72 valence electrons. The van der Waals surface area contributed by atoms with Gasteiger partial charge in [-0.1, -0.05) is 30.3 Å². The Hall–Kier alpha value is -1.26. The molecule has 0 aliphatic heterocycles. The Kier molecular flexibility index (Phi) is 2.86. The fraction of sp³-hybridized carbons (Fsp3) is 0.357. The molecule has 1 aromatic rings. The molecule has 0 bridgehead atoms. The van der Waals surface area contributed by atoms with E-state index in [1.807, 2.05) is 0 Å². The SMILES string of the molecule is CC(=C=C1CCCC1)c1ccccc1. The van der Waals surface area contributed by atoms with Gasteiger partial charge >= 0.3 is 0 Å². The average molecular weight is 184 g/mol. The van der Waals surface area contributed by atoms with Crippen molar-refractivity contribution >= 4 is 5.57 Å². The molecule has 1 fully saturated rings. The normalized spacial score (nSPS) is 15.4. The average Bonchev–Trinajstić information content (AvgIpc) is 2.72. The zero-order chi connectivity index (χ0) is 9.80. The van der Waals surface area contributed by atoms with Gasteiger partial charge in [0.2, 0.25) is 0 Å². The highest BCUT2D eigenvalue weighted by atomic mass is 14.1. The molecule has 1 aromatic carbocycles. The highest BCUT2D eigenvalue weighted by molar-refractivity contribution is 5.63. The van der Waals surface area contributed by atoms with E-state index in [2.05, 4.69) is 43.0 Å². The first-order chi connectivity index (χ1) is 6.86. The monoisotopic (exact) mass is 184 g/mol. The molecule has 1 aliphatic carbocycles. The molecule has 0 amide bonds. The van der Waals surface area contributed by atoms with Crippen LogP contribution in [0, 0.1) is 0 Å². The summed E-state index contributed by atoms with van der Waals surface area (Å²) in [5.74, 6) is 0. The molecular weight excluding hydrogens is 168 g/mol. The number of allylic oxidation sites excluding steroid dienone is 1. The second-order valence-corrected chi connectivity index (χ2v) is 3.93. The molecule has 0 heteroatoms. The van der Waals surface area contributed by atoms with Gasteiger partial charge in [-0.15, -0.1) is 5.73 Å². The van der Waals surface area contributed by atoms with Gasteiger partial charge in [0.05, 0.1) is 0 Å². The molecule has 0 N–H and O–H groups in total. The summed E-state index contributed by atoms with van der Waals surface area (Å²) in [5, 5.41) is 0. The van der Waals surface area contributed by atoms with Gasteiger partial charge in [-0.3, -0.25) is 0 Å². The van der Waals surface area contributed by atoms with Crippen LogP contribution in [-0.2, 0) is 0 Å². The smallest absolute Gasteiger partial charge is 0.00195 e. The Morgan fingerprint density at radius 3 is 2.36 bits per heavy atom. The van der Waals surface area contributed by atoms with Crippen LogP contribution < -0.4 is 0 Å². The first-order valence-corrected chi connectivity index (χ1v) is 5.37. The Bertz CT molecular complexity index is 356. The van der Waals surface area contributed by atoms with E-state index in [9.17, 15) is 0 Å². The molecule has 0 unspecified atom stereocenters. The van der Waals surface area contributed by atoms with E-state index in [-0.39, 0.29) is 0 Å². The van der Waals surface area contributed by atoms with Crippen molar-refractivity contribution in [3.63, 3.8) is 0 Å². The summed E-state index contributed by atoms with van der Waals surface area (Å²) in [4.78, 5) is 0. The Morgan fingerprint density at radius 2 is 1.71 bits per heavy atom. The summed E-state index contributed by atoms with van der Waals surface area (Å²) in [6, 6.07) is 10.5. The minimum atomic E-state index is 1.25. The van der Waals surface area contributed by atoms with Crippen molar-refractivity contribution in [3.8, 4) is 0 Å². The molecule has 0 atom stereocenters. The number of hydrogen-bond acceptors (Lipinski definition) is 0. The standard InChI is InChI=1S/C14H16/c1-12(11-13-7-5-6-8-13)14-9-3-2-4-10-14/h2-4,9-10H,5-8H2,1H3. The lowest BCUT2D eigenvalue weighted by Crippen LogP contribution is -1.76. The van der Waals surface area contributed by atoms with E-state index in [1.54, 1.807) is 0 Å². The summed E-state index contributed by atoms with van der Waals surface area (Å²) in [5.41, 5.74) is 7.61. The molecule has 0 heterocycles. The van der Waals surface area contributed by atoms with E-state index in [0.717, 1.165) is 0 Å². The van der Waals surface area contributed by atoms with Crippen LogP contribution in [0.5, 0.6) is 0 Å². The predicted octanol–water partition coefficient (Wildman–Crippen LogP) is 4.19. The predicted molar refractivity (Wildman–Crippen MR) is 61.0 cm³/mol. The highest BCUT2D eigenvalue weighted by Gasteiger charge is 2.05. The molecule has 0 spiro atoms. The Labute approximate surface area is 86.0 Å². The van der Waals surface area contributed by atoms with E-state index in [0.29, 0.717) is 0 Å². The maximum atomic E-state index is 3.53. The zero-order valence-corrected chi connectivity index (χ0v) is 8.72. The molecule has 0 nitrogen and oxygen atoms in total. The third kappa shape index (κ3) is 2.16. The third-order valence-electron chi connectivity index (χ3n) is 2.78. The van der Waals surface area contributed by atoms with Crippen LogP contribution >= 0.6 is 0 Å². The van der Waals surface area contributed by atoms with Gasteiger partial charge in [0.15, 0.2) is 0 Å². The minimum Gasteiger partial charge on any atom is -0.118 e. The van der Waals surface area contributed by atoms with Gasteiger partial charge in [-0.25, -0.2) is 0 Å². The maximum absolute atomic E-state index is 3.53. The molecule has 0 radical (unpaired) electrons. The van der Waals surface area contributed by atoms with Crippen LogP contribution in [0.25, 0.3) is 5.57 Å². The number of hydrogen-bond donors (Lipinski definition) is 0. The van der Waals surface area contributed by atoms with Crippen LogP contribution in [0.2, 0.25) is 0 Å². The van der Waals surface area contributed by atoms with Crippen LogP contribution in [0.3, 0.4) is 0 Å². The highest BCUT2D eigenvalue weighted by Crippen LogP contribution is 2.24. The van der Waals surface area contributed by atoms with Crippen LogP contribution in [0.4, 0.5) is 0 Å². The van der Waals surface area contributed by atoms with Crippen molar-refractivity contribution in [1.82, 2.24) is 0 Å². The van der Waals surface area contributed by atoms with E-state index in [1.165, 1.54) is 42.4 Å². The molecule has 14 heavy (non-hydrogen) atoms. The van der Waals surface area contributed by atoms with Crippen molar-refractivity contribution in [2.75, 3.05) is 0 Å². The largest absolute Gasteiger partial charge is 0.118 e. The van der Waals surface area contributed by atoms with Crippen molar-refractivity contribution in [2.45, 2.75) is 32.6 Å². The zero-order valence-electron chi connectivity index (χ0n) is 8.72. The minimum absolute atomic E-state index is 1.25. The molecular formula is C14H16. The quantitative estimate of drug-likeness (QED) is 0.574. The lowest BCUT2D eigenvalue weighted by Gasteiger charge is -1.97. The van der Waals surface area contributed by atoms with Crippen molar-refractivity contribution < 1.29 is 0 Å². The lowest BCUT2D eigenvalue weighted by atomic mass is 10.1. The summed E-state index contributed by atoms with van der Waals surface area (Å²) in [6.07, 6.45) is 5.21. The van der Waals surface area contributed by atoms with Crippen LogP contribution in [0.15, 0.2) is 41.6 Å². The number of rotatable bonds is 1.